The molecule has 0 saturated heterocycles. The average molecular weight is 300 g/mol. The van der Waals surface area contributed by atoms with Crippen LogP contribution in [0.1, 0.15) is 59.0 Å². The lowest BCUT2D eigenvalue weighted by Gasteiger charge is -2.28. The maximum Gasteiger partial charge on any atom is 0.0559 e. The van der Waals surface area contributed by atoms with Gasteiger partial charge in [0, 0.05) is 9.75 Å². The molecule has 0 spiro atoms. The second-order valence-corrected chi connectivity index (χ2v) is 7.10. The SMILES string of the molecule is CCc1ccc(C(CC2CCCc3ccccc32)NN)s1. The van der Waals surface area contributed by atoms with Crippen LogP contribution < -0.4 is 11.3 Å². The number of benzene rings is 1. The van der Waals surface area contributed by atoms with E-state index >= 15 is 0 Å². The number of fused-ring (bicyclic) bond motifs is 1. The van der Waals surface area contributed by atoms with Gasteiger partial charge in [0.15, 0.2) is 0 Å². The molecule has 2 atom stereocenters. The number of thiophene rings is 1. The van der Waals surface area contributed by atoms with Crippen LogP contribution in [0.5, 0.6) is 0 Å². The quantitative estimate of drug-likeness (QED) is 0.637. The van der Waals surface area contributed by atoms with E-state index in [-0.39, 0.29) is 6.04 Å². The van der Waals surface area contributed by atoms with Gasteiger partial charge < -0.3 is 0 Å². The van der Waals surface area contributed by atoms with Crippen molar-refractivity contribution in [2.24, 2.45) is 5.84 Å². The summed E-state index contributed by atoms with van der Waals surface area (Å²) in [7, 11) is 0. The number of rotatable bonds is 5. The maximum atomic E-state index is 5.85. The largest absolute Gasteiger partial charge is 0.271 e. The lowest BCUT2D eigenvalue weighted by atomic mass is 9.79. The van der Waals surface area contributed by atoms with Crippen molar-refractivity contribution in [3.8, 4) is 0 Å². The van der Waals surface area contributed by atoms with Gasteiger partial charge in [0.1, 0.15) is 0 Å². The number of aryl methyl sites for hydroxylation is 2. The maximum absolute atomic E-state index is 5.85. The molecule has 0 amide bonds. The zero-order valence-electron chi connectivity index (χ0n) is 12.6. The number of hydrogen-bond acceptors (Lipinski definition) is 3. The zero-order chi connectivity index (χ0) is 14.7. The molecule has 2 aromatic rings. The number of hydrazine groups is 1. The molecule has 21 heavy (non-hydrogen) atoms. The summed E-state index contributed by atoms with van der Waals surface area (Å²) in [5, 5.41) is 0. The van der Waals surface area contributed by atoms with Crippen molar-refractivity contribution in [3.63, 3.8) is 0 Å². The average Bonchev–Trinajstić information content (AvgIpc) is 3.01. The third kappa shape index (κ3) is 3.20. The van der Waals surface area contributed by atoms with Crippen LogP contribution in [-0.4, -0.2) is 0 Å². The monoisotopic (exact) mass is 300 g/mol. The Bertz CT molecular complexity index is 590. The first kappa shape index (κ1) is 14.8. The van der Waals surface area contributed by atoms with Gasteiger partial charge in [-0.2, -0.15) is 0 Å². The highest BCUT2D eigenvalue weighted by Crippen LogP contribution is 2.38. The van der Waals surface area contributed by atoms with Crippen molar-refractivity contribution in [1.82, 2.24) is 5.43 Å². The summed E-state index contributed by atoms with van der Waals surface area (Å²) in [5.74, 6) is 6.48. The number of hydrogen-bond donors (Lipinski definition) is 2. The molecule has 0 radical (unpaired) electrons. The minimum Gasteiger partial charge on any atom is -0.271 e. The molecule has 1 heterocycles. The Morgan fingerprint density at radius 1 is 1.29 bits per heavy atom. The molecule has 2 nitrogen and oxygen atoms in total. The number of nitrogens with one attached hydrogen (secondary N) is 1. The van der Waals surface area contributed by atoms with Crippen LogP contribution >= 0.6 is 11.3 Å². The molecule has 0 fully saturated rings. The van der Waals surface area contributed by atoms with Gasteiger partial charge in [-0.15, -0.1) is 11.3 Å². The summed E-state index contributed by atoms with van der Waals surface area (Å²) in [6, 6.07) is 13.7. The molecule has 0 saturated carbocycles. The minimum absolute atomic E-state index is 0.270. The van der Waals surface area contributed by atoms with E-state index in [0.29, 0.717) is 5.92 Å². The molecular formula is C18H24N2S. The van der Waals surface area contributed by atoms with Crippen LogP contribution in [0, 0.1) is 0 Å². The second kappa shape index (κ2) is 6.73. The summed E-state index contributed by atoms with van der Waals surface area (Å²) in [6.07, 6.45) is 6.00. The topological polar surface area (TPSA) is 38.0 Å². The van der Waals surface area contributed by atoms with E-state index in [1.807, 2.05) is 11.3 Å². The van der Waals surface area contributed by atoms with E-state index in [1.54, 1.807) is 0 Å². The fourth-order valence-corrected chi connectivity index (χ4v) is 4.45. The van der Waals surface area contributed by atoms with Crippen molar-refractivity contribution in [2.75, 3.05) is 0 Å². The summed E-state index contributed by atoms with van der Waals surface area (Å²) in [5.41, 5.74) is 6.11. The van der Waals surface area contributed by atoms with E-state index < -0.39 is 0 Å². The van der Waals surface area contributed by atoms with Crippen LogP contribution in [0.3, 0.4) is 0 Å². The standard InChI is InChI=1S/C18H24N2S/c1-2-15-10-11-18(21-15)17(20-19)12-14-8-5-7-13-6-3-4-9-16(13)14/h3-4,6,9-11,14,17,20H,2,5,7-8,12,19H2,1H3. The summed E-state index contributed by atoms with van der Waals surface area (Å²) in [4.78, 5) is 2.81. The molecule has 3 heteroatoms. The highest BCUT2D eigenvalue weighted by molar-refractivity contribution is 7.12. The van der Waals surface area contributed by atoms with Gasteiger partial charge in [-0.3, -0.25) is 11.3 Å². The normalized spacial score (nSPS) is 19.2. The van der Waals surface area contributed by atoms with Gasteiger partial charge in [0.05, 0.1) is 6.04 Å². The molecule has 112 valence electrons. The molecular weight excluding hydrogens is 276 g/mol. The summed E-state index contributed by atoms with van der Waals surface area (Å²) < 4.78 is 0. The Kier molecular flexibility index (Phi) is 4.73. The van der Waals surface area contributed by atoms with Crippen molar-refractivity contribution in [3.05, 3.63) is 57.3 Å². The summed E-state index contributed by atoms with van der Waals surface area (Å²) >= 11 is 1.89. The van der Waals surface area contributed by atoms with Gasteiger partial charge in [-0.1, -0.05) is 31.2 Å². The van der Waals surface area contributed by atoms with Gasteiger partial charge in [-0.25, -0.2) is 0 Å². The molecule has 3 N–H and O–H groups in total. The third-order valence-corrected chi connectivity index (χ3v) is 5.93. The number of nitrogens with two attached hydrogens (primary N) is 1. The first-order valence-corrected chi connectivity index (χ1v) is 8.76. The fraction of sp³-hybridized carbons (Fsp3) is 0.444. The molecule has 1 aliphatic carbocycles. The lowest BCUT2D eigenvalue weighted by molar-refractivity contribution is 0.430. The molecule has 0 aliphatic heterocycles. The van der Waals surface area contributed by atoms with Crippen molar-refractivity contribution in [1.29, 1.82) is 0 Å². The van der Waals surface area contributed by atoms with E-state index in [4.69, 9.17) is 5.84 Å². The zero-order valence-corrected chi connectivity index (χ0v) is 13.5. The first-order chi connectivity index (χ1) is 10.3. The molecule has 3 rings (SSSR count). The predicted octanol–water partition coefficient (Wildman–Crippen LogP) is 4.33. The minimum atomic E-state index is 0.270. The highest BCUT2D eigenvalue weighted by atomic mass is 32.1. The van der Waals surface area contributed by atoms with Crippen molar-refractivity contribution >= 4 is 11.3 Å². The van der Waals surface area contributed by atoms with Crippen LogP contribution in [-0.2, 0) is 12.8 Å². The Morgan fingerprint density at radius 2 is 2.14 bits per heavy atom. The van der Waals surface area contributed by atoms with E-state index in [1.165, 1.54) is 40.1 Å². The van der Waals surface area contributed by atoms with Gasteiger partial charge in [0.25, 0.3) is 0 Å². The Hall–Kier alpha value is -1.16. The molecule has 1 aliphatic rings. The Labute approximate surface area is 131 Å². The third-order valence-electron chi connectivity index (χ3n) is 4.59. The summed E-state index contributed by atoms with van der Waals surface area (Å²) in [6.45, 7) is 2.21. The molecule has 1 aromatic heterocycles. The van der Waals surface area contributed by atoms with Crippen LogP contribution in [0.25, 0.3) is 0 Å². The highest BCUT2D eigenvalue weighted by Gasteiger charge is 2.24. The Balaban J connectivity index is 1.78. The Morgan fingerprint density at radius 3 is 2.90 bits per heavy atom. The van der Waals surface area contributed by atoms with E-state index in [2.05, 4.69) is 48.7 Å². The van der Waals surface area contributed by atoms with Crippen LogP contribution in [0.2, 0.25) is 0 Å². The lowest BCUT2D eigenvalue weighted by Crippen LogP contribution is -2.29. The van der Waals surface area contributed by atoms with Gasteiger partial charge in [-0.05, 0) is 61.3 Å². The van der Waals surface area contributed by atoms with Crippen molar-refractivity contribution in [2.45, 2.75) is 51.0 Å². The van der Waals surface area contributed by atoms with Crippen molar-refractivity contribution < 1.29 is 0 Å². The molecule has 1 aromatic carbocycles. The van der Waals surface area contributed by atoms with E-state index in [0.717, 1.165) is 12.8 Å². The first-order valence-electron chi connectivity index (χ1n) is 7.94. The van der Waals surface area contributed by atoms with Crippen LogP contribution in [0.15, 0.2) is 36.4 Å². The smallest absolute Gasteiger partial charge is 0.0559 e. The van der Waals surface area contributed by atoms with Crippen LogP contribution in [0.4, 0.5) is 0 Å². The predicted molar refractivity (Wildman–Crippen MR) is 90.5 cm³/mol. The molecule has 2 unspecified atom stereocenters. The molecule has 0 bridgehead atoms. The second-order valence-electron chi connectivity index (χ2n) is 5.90. The fourth-order valence-electron chi connectivity index (χ4n) is 3.42. The van der Waals surface area contributed by atoms with E-state index in [9.17, 15) is 0 Å². The van der Waals surface area contributed by atoms with Gasteiger partial charge >= 0.3 is 0 Å². The van der Waals surface area contributed by atoms with Gasteiger partial charge in [0.2, 0.25) is 0 Å².